The summed E-state index contributed by atoms with van der Waals surface area (Å²) in [6.07, 6.45) is 7.46. The molecule has 0 unspecified atom stereocenters. The van der Waals surface area contributed by atoms with E-state index in [1.165, 1.54) is 34.1 Å². The smallest absolute Gasteiger partial charge is 0.312 e. The highest BCUT2D eigenvalue weighted by Gasteiger charge is 2.50. The Hall–Kier alpha value is -5.57. The van der Waals surface area contributed by atoms with E-state index in [1.807, 2.05) is 60.8 Å². The third kappa shape index (κ3) is 9.12. The summed E-state index contributed by atoms with van der Waals surface area (Å²) in [6, 6.07) is 5.57. The number of amides is 1. The molecule has 4 bridgehead atoms. The lowest BCUT2D eigenvalue weighted by Crippen LogP contribution is -2.43. The minimum Gasteiger partial charge on any atom is -0.507 e. The number of ether oxygens (including phenoxy) is 4. The fraction of sp³-hybridized carbons (Fsp3) is 0.490. The minimum atomic E-state index is -1.98. The number of aromatic hydroxyl groups is 1. The number of aliphatic hydroxyl groups excluding tert-OH is 1. The van der Waals surface area contributed by atoms with Gasteiger partial charge in [-0.25, -0.2) is 4.98 Å². The van der Waals surface area contributed by atoms with Gasteiger partial charge in [-0.2, -0.15) is 0 Å². The average Bonchev–Trinajstić information content (AvgIpc) is 3.50. The van der Waals surface area contributed by atoms with Gasteiger partial charge in [0.05, 0.1) is 29.4 Å². The maximum atomic E-state index is 14.7. The molecule has 0 radical (unpaired) electrons. The van der Waals surface area contributed by atoms with Crippen LogP contribution < -0.4 is 15.5 Å². The Morgan fingerprint density at radius 1 is 1.00 bits per heavy atom. The number of aliphatic hydroxyl groups is 1. The number of aromatic nitrogens is 1. The van der Waals surface area contributed by atoms with Crippen molar-refractivity contribution in [1.82, 2.24) is 9.88 Å². The third-order valence-electron chi connectivity index (χ3n) is 13.1. The van der Waals surface area contributed by atoms with Crippen LogP contribution in [0, 0.1) is 36.5 Å². The number of phenols is 1. The maximum absolute atomic E-state index is 14.7. The van der Waals surface area contributed by atoms with Crippen LogP contribution in [0.5, 0.6) is 11.5 Å². The van der Waals surface area contributed by atoms with Gasteiger partial charge in [-0.3, -0.25) is 19.2 Å². The number of hydrogen-bond donors (Lipinski definition) is 3. The molecule has 0 spiro atoms. The van der Waals surface area contributed by atoms with E-state index in [-0.39, 0.29) is 74.0 Å². The van der Waals surface area contributed by atoms with Gasteiger partial charge in [0.25, 0.3) is 11.7 Å². The zero-order valence-electron chi connectivity index (χ0n) is 38.3. The van der Waals surface area contributed by atoms with Crippen molar-refractivity contribution in [3.05, 3.63) is 81.3 Å². The van der Waals surface area contributed by atoms with Crippen LogP contribution in [0.3, 0.4) is 0 Å². The molecule has 0 fully saturated rings. The van der Waals surface area contributed by atoms with E-state index in [1.54, 1.807) is 37.3 Å². The average molecular weight is 868 g/mol. The summed E-state index contributed by atoms with van der Waals surface area (Å²) in [7, 11) is 5.52. The quantitative estimate of drug-likeness (QED) is 0.0973. The first-order valence-electron chi connectivity index (χ1n) is 21.6. The molecule has 4 aliphatic rings. The largest absolute Gasteiger partial charge is 0.507 e. The Morgan fingerprint density at radius 3 is 2.38 bits per heavy atom. The van der Waals surface area contributed by atoms with Crippen LogP contribution >= 0.6 is 0 Å². The normalized spacial score (nSPS) is 29.1. The predicted molar refractivity (Wildman–Crippen MR) is 241 cm³/mol. The summed E-state index contributed by atoms with van der Waals surface area (Å²) in [5.74, 6) is -5.71. The van der Waals surface area contributed by atoms with Gasteiger partial charge < -0.3 is 43.8 Å². The second-order valence-electron chi connectivity index (χ2n) is 17.8. The van der Waals surface area contributed by atoms with Crippen molar-refractivity contribution in [2.75, 3.05) is 33.1 Å². The zero-order valence-corrected chi connectivity index (χ0v) is 38.3. The maximum Gasteiger partial charge on any atom is 0.312 e. The molecular weight excluding hydrogens is 807 g/mol. The van der Waals surface area contributed by atoms with Crippen LogP contribution in [-0.4, -0.2) is 89.6 Å². The number of aryl methyl sites for hydroxylation is 1. The van der Waals surface area contributed by atoms with Gasteiger partial charge >= 0.3 is 11.8 Å². The van der Waals surface area contributed by atoms with Crippen LogP contribution in [0.4, 0.5) is 5.69 Å². The van der Waals surface area contributed by atoms with E-state index >= 15 is 0 Å². The van der Waals surface area contributed by atoms with E-state index in [0.29, 0.717) is 11.1 Å². The van der Waals surface area contributed by atoms with Crippen molar-refractivity contribution in [1.29, 1.82) is 0 Å². The third-order valence-corrected chi connectivity index (χ3v) is 13.1. The predicted octanol–water partition coefficient (Wildman–Crippen LogP) is 7.72. The summed E-state index contributed by atoms with van der Waals surface area (Å²) in [4.78, 5) is 62.9. The van der Waals surface area contributed by atoms with Crippen molar-refractivity contribution in [2.45, 2.75) is 99.3 Å². The number of esters is 1. The Morgan fingerprint density at radius 2 is 1.71 bits per heavy atom. The number of Topliss-reactive ketones (excluding diaryl/α,β-unsaturated/α-hetero) is 1. The van der Waals surface area contributed by atoms with Crippen molar-refractivity contribution < 1.29 is 48.0 Å². The van der Waals surface area contributed by atoms with Crippen LogP contribution in [0.2, 0.25) is 0 Å². The van der Waals surface area contributed by atoms with E-state index in [9.17, 15) is 29.4 Å². The van der Waals surface area contributed by atoms with Crippen LogP contribution in [0.15, 0.2) is 63.6 Å². The van der Waals surface area contributed by atoms with Crippen LogP contribution in [0.25, 0.3) is 33.3 Å². The lowest BCUT2D eigenvalue weighted by atomic mass is 9.73. The molecule has 3 heterocycles. The number of nitrogens with one attached hydrogen (secondary N) is 1. The first kappa shape index (κ1) is 46.9. The number of methoxy groups -OCH3 is 1. The topological polar surface area (TPSA) is 187 Å². The van der Waals surface area contributed by atoms with Crippen molar-refractivity contribution >= 4 is 45.2 Å². The molecule has 9 atom stereocenters. The molecule has 1 amide bonds. The molecule has 338 valence electrons. The van der Waals surface area contributed by atoms with E-state index in [2.05, 4.69) is 10.2 Å². The molecule has 14 nitrogen and oxygen atoms in total. The number of carbonyl (C=O) groups is 3. The molecule has 1 aliphatic carbocycles. The molecule has 6 rings (SSSR count). The van der Waals surface area contributed by atoms with Gasteiger partial charge in [0.1, 0.15) is 34.5 Å². The van der Waals surface area contributed by atoms with Gasteiger partial charge in [-0.1, -0.05) is 58.9 Å². The number of phenolic OH excluding ortho intramolecular Hbond substituents is 1. The number of ketones is 1. The summed E-state index contributed by atoms with van der Waals surface area (Å²) in [5.41, 5.74) is 0.990. The van der Waals surface area contributed by atoms with Gasteiger partial charge in [0.2, 0.25) is 5.43 Å². The number of fused-ring (bicyclic) bond motifs is 2. The minimum absolute atomic E-state index is 0.00691. The molecule has 63 heavy (non-hydrogen) atoms. The van der Waals surface area contributed by atoms with E-state index in [4.69, 9.17) is 28.3 Å². The molecule has 2 aromatic carbocycles. The van der Waals surface area contributed by atoms with E-state index < -0.39 is 58.9 Å². The molecule has 14 heteroatoms. The van der Waals surface area contributed by atoms with Crippen molar-refractivity contribution in [2.24, 2.45) is 29.6 Å². The zero-order chi connectivity index (χ0) is 46.2. The van der Waals surface area contributed by atoms with E-state index in [0.717, 1.165) is 24.9 Å². The standard InChI is InChI=1S/C49H61N3O11/c1-24-15-13-16-25(2)48(58)51-40-43(56)37-36(39-46(40)62-35-23-32(17-14-21-52(10)11)18-19-33(35)50-39)38-45(30(7)42(37)55)63-49(9,47(38)57)60-22-20-34(59-12)29(6)44(61-31(8)53)28(5)26(3)27(4)41(24)54/h13,15-16,18-20,22-24,26-29,34,41,44,54-55H,14,17,21H2,1-12H3,(H,51,58)/b15-13+,22-20+,25-16-/t24-,26+,27-,28+,29+,34-,41-,44-,49-/m0/s1. The summed E-state index contributed by atoms with van der Waals surface area (Å²) >= 11 is 0. The monoisotopic (exact) mass is 867 g/mol. The molecule has 3 aliphatic heterocycles. The molecule has 0 saturated carbocycles. The highest BCUT2D eigenvalue weighted by atomic mass is 16.7. The molecule has 2 aromatic rings. The molecule has 0 saturated heterocycles. The second kappa shape index (κ2) is 18.6. The molecule has 0 aromatic heterocycles. The number of anilines is 1. The Kier molecular flexibility index (Phi) is 13.9. The number of carbonyl (C=O) groups excluding carboxylic acids is 3. The number of nitrogens with zero attached hydrogens (tertiary/aromatic N) is 2. The Bertz CT molecular complexity index is 2540. The fourth-order valence-electron chi connectivity index (χ4n) is 8.82. The SMILES string of the molecule is CO[C@H]1/C=C/O[C@@]2(C)Oc3c(C)c(O)c4c(=O)c(c5oc6cc(CCCN(C)C)ccc6nc-5c4c3C2=O)NC(=O)/C(C)=C\C=C\[C@H](C)[C@H](O)[C@@H](C)[C@@H](C)[C@@H](C)[C@H](OC(C)=O)[C@@H]1C. The van der Waals surface area contributed by atoms with Gasteiger partial charge in [-0.15, -0.1) is 0 Å². The lowest BCUT2D eigenvalue weighted by molar-refractivity contribution is -0.157. The number of benzene rings is 3. The van der Waals surface area contributed by atoms with Gasteiger partial charge in [-0.05, 0) is 88.9 Å². The number of allylic oxidation sites excluding steroid dienone is 2. The summed E-state index contributed by atoms with van der Waals surface area (Å²) < 4.78 is 30.7. The fourth-order valence-corrected chi connectivity index (χ4v) is 8.82. The van der Waals surface area contributed by atoms with Crippen LogP contribution in [-0.2, 0) is 30.2 Å². The molecular formula is C49H61N3O11. The van der Waals surface area contributed by atoms with Crippen molar-refractivity contribution in [3.8, 4) is 23.0 Å². The first-order valence-corrected chi connectivity index (χ1v) is 21.6. The number of hydrogen-bond acceptors (Lipinski definition) is 13. The van der Waals surface area contributed by atoms with Gasteiger partial charge in [0, 0.05) is 49.3 Å². The Labute approximate surface area is 368 Å². The second-order valence-corrected chi connectivity index (χ2v) is 17.8. The van der Waals surface area contributed by atoms with Gasteiger partial charge in [0.15, 0.2) is 11.3 Å². The highest BCUT2D eigenvalue weighted by molar-refractivity contribution is 6.22. The highest BCUT2D eigenvalue weighted by Crippen LogP contribution is 2.50. The van der Waals surface area contributed by atoms with Crippen LogP contribution in [0.1, 0.15) is 83.3 Å². The first-order chi connectivity index (χ1) is 29.7. The lowest BCUT2D eigenvalue weighted by Gasteiger charge is -2.39. The molecule has 3 N–H and O–H groups in total. The van der Waals surface area contributed by atoms with Crippen molar-refractivity contribution in [3.63, 3.8) is 0 Å². The summed E-state index contributed by atoms with van der Waals surface area (Å²) in [6.45, 7) is 16.4. The summed E-state index contributed by atoms with van der Waals surface area (Å²) in [5, 5.41) is 25.8. The Balaban J connectivity index is 1.57. The number of rotatable bonds is 6.